The summed E-state index contributed by atoms with van der Waals surface area (Å²) in [6.45, 7) is 1.72. The SMILES string of the molecule is O=C(Nc1nc(-c2cccnc2)cs1)N1CCN(c2cccc(C(F)(F)F)c2)CC1. The zero-order valence-corrected chi connectivity index (χ0v) is 16.6. The molecule has 10 heteroatoms. The highest BCUT2D eigenvalue weighted by molar-refractivity contribution is 7.14. The van der Waals surface area contributed by atoms with Crippen LogP contribution in [0.2, 0.25) is 0 Å². The molecule has 0 spiro atoms. The highest BCUT2D eigenvalue weighted by Crippen LogP contribution is 2.32. The fourth-order valence-corrected chi connectivity index (χ4v) is 3.90. The van der Waals surface area contributed by atoms with Crippen LogP contribution in [0.5, 0.6) is 0 Å². The van der Waals surface area contributed by atoms with E-state index in [0.717, 1.165) is 23.4 Å². The summed E-state index contributed by atoms with van der Waals surface area (Å²) in [5, 5.41) is 5.12. The van der Waals surface area contributed by atoms with Crippen LogP contribution in [-0.2, 0) is 6.18 Å². The van der Waals surface area contributed by atoms with Crippen LogP contribution in [0, 0.1) is 0 Å². The minimum atomic E-state index is -4.37. The summed E-state index contributed by atoms with van der Waals surface area (Å²) in [4.78, 5) is 24.5. The standard InChI is InChI=1S/C20H18F3N5OS/c21-20(22,23)15-4-1-5-16(11-15)27-7-9-28(10-8-27)19(29)26-18-25-17(13-30-18)14-3-2-6-24-12-14/h1-6,11-13H,7-10H2,(H,25,26,29). The summed E-state index contributed by atoms with van der Waals surface area (Å²) in [5.41, 5.74) is 1.43. The van der Waals surface area contributed by atoms with Crippen molar-refractivity contribution in [2.75, 3.05) is 36.4 Å². The Bertz CT molecular complexity index is 1020. The maximum atomic E-state index is 12.9. The molecule has 0 aliphatic carbocycles. The third-order valence-electron chi connectivity index (χ3n) is 4.78. The van der Waals surface area contributed by atoms with Crippen molar-refractivity contribution < 1.29 is 18.0 Å². The lowest BCUT2D eigenvalue weighted by molar-refractivity contribution is -0.137. The smallest absolute Gasteiger partial charge is 0.368 e. The number of alkyl halides is 3. The van der Waals surface area contributed by atoms with E-state index in [2.05, 4.69) is 15.3 Å². The first-order valence-electron chi connectivity index (χ1n) is 9.24. The minimum Gasteiger partial charge on any atom is -0.368 e. The van der Waals surface area contributed by atoms with Gasteiger partial charge in [-0.15, -0.1) is 11.3 Å². The molecule has 1 saturated heterocycles. The van der Waals surface area contributed by atoms with Crippen molar-refractivity contribution in [1.82, 2.24) is 14.9 Å². The first-order valence-corrected chi connectivity index (χ1v) is 10.1. The summed E-state index contributed by atoms with van der Waals surface area (Å²) < 4.78 is 38.8. The van der Waals surface area contributed by atoms with Crippen molar-refractivity contribution >= 4 is 28.2 Å². The fourth-order valence-electron chi connectivity index (χ4n) is 3.20. The van der Waals surface area contributed by atoms with Crippen LogP contribution < -0.4 is 10.2 Å². The number of amides is 2. The second-order valence-electron chi connectivity index (χ2n) is 6.73. The fraction of sp³-hybridized carbons (Fsp3) is 0.250. The van der Waals surface area contributed by atoms with E-state index >= 15 is 0 Å². The number of urea groups is 1. The zero-order chi connectivity index (χ0) is 21.1. The Morgan fingerprint density at radius 2 is 1.90 bits per heavy atom. The summed E-state index contributed by atoms with van der Waals surface area (Å²) in [6.07, 6.45) is -0.995. The van der Waals surface area contributed by atoms with E-state index in [1.165, 1.54) is 17.4 Å². The van der Waals surface area contributed by atoms with Crippen LogP contribution >= 0.6 is 11.3 Å². The predicted octanol–water partition coefficient (Wildman–Crippen LogP) is 4.58. The molecule has 0 atom stereocenters. The number of pyridine rings is 1. The van der Waals surface area contributed by atoms with Gasteiger partial charge in [0.25, 0.3) is 0 Å². The Hall–Kier alpha value is -3.14. The molecule has 156 valence electrons. The number of anilines is 2. The highest BCUT2D eigenvalue weighted by atomic mass is 32.1. The van der Waals surface area contributed by atoms with E-state index < -0.39 is 11.7 Å². The third kappa shape index (κ3) is 4.54. The maximum Gasteiger partial charge on any atom is 0.416 e. The summed E-state index contributed by atoms with van der Waals surface area (Å²) in [5.74, 6) is 0. The van der Waals surface area contributed by atoms with E-state index in [9.17, 15) is 18.0 Å². The lowest BCUT2D eigenvalue weighted by Gasteiger charge is -2.36. The summed E-state index contributed by atoms with van der Waals surface area (Å²) >= 11 is 1.32. The molecule has 6 nitrogen and oxygen atoms in total. The number of benzene rings is 1. The topological polar surface area (TPSA) is 61.4 Å². The molecule has 2 aromatic heterocycles. The predicted molar refractivity (Wildman–Crippen MR) is 110 cm³/mol. The second-order valence-corrected chi connectivity index (χ2v) is 7.59. The van der Waals surface area contributed by atoms with Crippen molar-refractivity contribution in [3.63, 3.8) is 0 Å². The highest BCUT2D eigenvalue weighted by Gasteiger charge is 2.31. The van der Waals surface area contributed by atoms with Gasteiger partial charge in [0.05, 0.1) is 11.3 Å². The minimum absolute atomic E-state index is 0.272. The van der Waals surface area contributed by atoms with Gasteiger partial charge in [0.1, 0.15) is 0 Å². The molecule has 1 aromatic carbocycles. The number of carbonyl (C=O) groups excluding carboxylic acids is 1. The second kappa shape index (κ2) is 8.31. The average molecular weight is 433 g/mol. The van der Waals surface area contributed by atoms with Crippen LogP contribution in [0.3, 0.4) is 0 Å². The van der Waals surface area contributed by atoms with Crippen molar-refractivity contribution in [2.24, 2.45) is 0 Å². The molecular weight excluding hydrogens is 415 g/mol. The number of hydrogen-bond donors (Lipinski definition) is 1. The van der Waals surface area contributed by atoms with E-state index in [-0.39, 0.29) is 6.03 Å². The number of nitrogens with zero attached hydrogens (tertiary/aromatic N) is 4. The van der Waals surface area contributed by atoms with Crippen molar-refractivity contribution in [2.45, 2.75) is 6.18 Å². The number of nitrogens with one attached hydrogen (secondary N) is 1. The van der Waals surface area contributed by atoms with Crippen molar-refractivity contribution in [1.29, 1.82) is 0 Å². The van der Waals surface area contributed by atoms with Gasteiger partial charge in [-0.25, -0.2) is 9.78 Å². The Morgan fingerprint density at radius 1 is 1.10 bits per heavy atom. The Labute approximate surface area is 175 Å². The van der Waals surface area contributed by atoms with Gasteiger partial charge in [-0.1, -0.05) is 6.07 Å². The summed E-state index contributed by atoms with van der Waals surface area (Å²) in [6, 6.07) is 8.69. The van der Waals surface area contributed by atoms with E-state index in [0.29, 0.717) is 37.0 Å². The van der Waals surface area contributed by atoms with Crippen LogP contribution in [0.15, 0.2) is 54.2 Å². The Morgan fingerprint density at radius 3 is 2.60 bits per heavy atom. The molecule has 2 amide bonds. The first kappa shape index (κ1) is 20.1. The van der Waals surface area contributed by atoms with Gasteiger partial charge in [-0.2, -0.15) is 13.2 Å². The van der Waals surface area contributed by atoms with Crippen molar-refractivity contribution in [3.8, 4) is 11.3 Å². The number of carbonyl (C=O) groups is 1. The normalized spacial score (nSPS) is 14.6. The molecule has 0 bridgehead atoms. The molecule has 0 radical (unpaired) electrons. The van der Waals surface area contributed by atoms with E-state index in [1.807, 2.05) is 22.4 Å². The third-order valence-corrected chi connectivity index (χ3v) is 5.54. The van der Waals surface area contributed by atoms with Gasteiger partial charge in [-0.05, 0) is 30.3 Å². The number of thiazole rings is 1. The maximum absolute atomic E-state index is 12.9. The first-order chi connectivity index (χ1) is 14.4. The Kier molecular flexibility index (Phi) is 5.58. The quantitative estimate of drug-likeness (QED) is 0.657. The molecule has 30 heavy (non-hydrogen) atoms. The van der Waals surface area contributed by atoms with Crippen LogP contribution in [0.25, 0.3) is 11.3 Å². The largest absolute Gasteiger partial charge is 0.416 e. The Balaban J connectivity index is 1.34. The molecule has 0 saturated carbocycles. The van der Waals surface area contributed by atoms with Crippen LogP contribution in [-0.4, -0.2) is 47.1 Å². The van der Waals surface area contributed by atoms with E-state index in [4.69, 9.17) is 0 Å². The van der Waals surface area contributed by atoms with Gasteiger partial charge in [0.2, 0.25) is 0 Å². The number of halogens is 3. The molecule has 0 unspecified atom stereocenters. The van der Waals surface area contributed by atoms with Gasteiger partial charge in [-0.3, -0.25) is 10.3 Å². The molecule has 1 fully saturated rings. The molecule has 3 heterocycles. The molecule has 1 aliphatic heterocycles. The van der Waals surface area contributed by atoms with Crippen LogP contribution in [0.4, 0.5) is 28.8 Å². The molecule has 1 aliphatic rings. The molecule has 4 rings (SSSR count). The lowest BCUT2D eigenvalue weighted by atomic mass is 10.1. The number of piperazine rings is 1. The van der Waals surface area contributed by atoms with Gasteiger partial charge in [0.15, 0.2) is 5.13 Å². The molecule has 1 N–H and O–H groups in total. The summed E-state index contributed by atoms with van der Waals surface area (Å²) in [7, 11) is 0. The van der Waals surface area contributed by atoms with Gasteiger partial charge < -0.3 is 9.80 Å². The van der Waals surface area contributed by atoms with E-state index in [1.54, 1.807) is 23.4 Å². The number of rotatable bonds is 3. The molecule has 3 aromatic rings. The zero-order valence-electron chi connectivity index (χ0n) is 15.8. The molecular formula is C20H18F3N5OS. The van der Waals surface area contributed by atoms with Gasteiger partial charge >= 0.3 is 12.2 Å². The monoisotopic (exact) mass is 433 g/mol. The number of aromatic nitrogens is 2. The lowest BCUT2D eigenvalue weighted by Crippen LogP contribution is -2.50. The average Bonchev–Trinajstić information content (AvgIpc) is 3.22. The van der Waals surface area contributed by atoms with Crippen molar-refractivity contribution in [3.05, 3.63) is 59.7 Å². The van der Waals surface area contributed by atoms with Gasteiger partial charge in [0, 0.05) is 55.2 Å². The van der Waals surface area contributed by atoms with Crippen LogP contribution in [0.1, 0.15) is 5.56 Å². The number of hydrogen-bond acceptors (Lipinski definition) is 5.